The van der Waals surface area contributed by atoms with Crippen molar-refractivity contribution in [2.45, 2.75) is 30.3 Å². The summed E-state index contributed by atoms with van der Waals surface area (Å²) in [5, 5.41) is 1.95. The Labute approximate surface area is 180 Å². The predicted molar refractivity (Wildman–Crippen MR) is 110 cm³/mol. The molecule has 1 aliphatic heterocycles. The number of carbonyl (C=O) groups is 2. The van der Waals surface area contributed by atoms with Crippen LogP contribution in [0.5, 0.6) is 0 Å². The highest BCUT2D eigenvalue weighted by atomic mass is 32.2. The van der Waals surface area contributed by atoms with Gasteiger partial charge in [0.15, 0.2) is 0 Å². The van der Waals surface area contributed by atoms with Crippen molar-refractivity contribution >= 4 is 44.1 Å². The molecule has 3 aromatic rings. The molecule has 1 aliphatic rings. The van der Waals surface area contributed by atoms with E-state index in [0.29, 0.717) is 4.90 Å². The first-order chi connectivity index (χ1) is 15.0. The van der Waals surface area contributed by atoms with Crippen molar-refractivity contribution in [2.75, 3.05) is 16.5 Å². The Morgan fingerprint density at radius 2 is 1.81 bits per heavy atom. The Balaban J connectivity index is 1.86. The average Bonchev–Trinajstić information content (AvgIpc) is 2.98. The molecule has 0 spiro atoms. The number of carbonyl (C=O) groups excluding carboxylic acids is 2. The molecule has 12 heteroatoms. The van der Waals surface area contributed by atoms with Crippen molar-refractivity contribution in [1.29, 1.82) is 0 Å². The van der Waals surface area contributed by atoms with Crippen molar-refractivity contribution in [3.63, 3.8) is 0 Å². The quantitative estimate of drug-likeness (QED) is 0.640. The van der Waals surface area contributed by atoms with Gasteiger partial charge in [0.25, 0.3) is 0 Å². The number of hydrogen-bond donors (Lipinski definition) is 1. The number of fused-ring (bicyclic) bond motifs is 2. The van der Waals surface area contributed by atoms with Crippen molar-refractivity contribution in [2.24, 2.45) is 0 Å². The lowest BCUT2D eigenvalue weighted by Gasteiger charge is -2.32. The Morgan fingerprint density at radius 1 is 1.16 bits per heavy atom. The molecule has 8 nitrogen and oxygen atoms in total. The zero-order chi connectivity index (χ0) is 23.3. The molecule has 1 N–H and O–H groups in total. The van der Waals surface area contributed by atoms with Crippen LogP contribution in [0.1, 0.15) is 6.42 Å². The van der Waals surface area contributed by atoms with Crippen LogP contribution in [-0.4, -0.2) is 48.3 Å². The van der Waals surface area contributed by atoms with E-state index >= 15 is 0 Å². The smallest absolute Gasteiger partial charge is 0.324 e. The fourth-order valence-corrected chi connectivity index (χ4v) is 4.52. The maximum Gasteiger partial charge on any atom is 0.409 e. The summed E-state index contributed by atoms with van der Waals surface area (Å²) in [5.41, 5.74) is 0.482. The molecule has 1 unspecified atom stereocenters. The predicted octanol–water partition coefficient (Wildman–Crippen LogP) is 2.75. The van der Waals surface area contributed by atoms with E-state index in [0.717, 1.165) is 10.8 Å². The molecule has 0 aliphatic carbocycles. The lowest BCUT2D eigenvalue weighted by Crippen LogP contribution is -2.50. The topological polar surface area (TPSA) is 101 Å². The van der Waals surface area contributed by atoms with Crippen LogP contribution in [0.25, 0.3) is 11.0 Å². The first-order valence-corrected chi connectivity index (χ1v) is 11.3. The van der Waals surface area contributed by atoms with Gasteiger partial charge < -0.3 is 9.88 Å². The minimum absolute atomic E-state index is 0.0522. The van der Waals surface area contributed by atoms with Crippen LogP contribution in [-0.2, 0) is 26.0 Å². The molecule has 0 bridgehead atoms. The van der Waals surface area contributed by atoms with E-state index in [1.54, 1.807) is 12.1 Å². The Morgan fingerprint density at radius 3 is 2.50 bits per heavy atom. The van der Waals surface area contributed by atoms with Gasteiger partial charge in [0, 0.05) is 6.26 Å². The van der Waals surface area contributed by atoms with Crippen molar-refractivity contribution in [3.05, 3.63) is 48.5 Å². The molecule has 32 heavy (non-hydrogen) atoms. The molecular weight excluding hydrogens is 449 g/mol. The molecule has 0 saturated carbocycles. The minimum Gasteiger partial charge on any atom is -0.324 e. The van der Waals surface area contributed by atoms with E-state index in [1.165, 1.54) is 36.4 Å². The average molecular weight is 466 g/mol. The highest BCUT2D eigenvalue weighted by Gasteiger charge is 2.49. The van der Waals surface area contributed by atoms with Gasteiger partial charge in [-0.2, -0.15) is 13.2 Å². The van der Waals surface area contributed by atoms with Gasteiger partial charge in [-0.1, -0.05) is 24.3 Å². The second-order valence-corrected chi connectivity index (χ2v) is 9.24. The molecule has 4 rings (SSSR count). The van der Waals surface area contributed by atoms with Crippen LogP contribution in [0.3, 0.4) is 0 Å². The molecule has 0 fully saturated rings. The molecule has 1 aromatic heterocycles. The van der Waals surface area contributed by atoms with Gasteiger partial charge in [-0.25, -0.2) is 13.4 Å². The molecular formula is C20H17F3N4O4S. The van der Waals surface area contributed by atoms with Gasteiger partial charge in [-0.05, 0) is 24.3 Å². The Kier molecular flexibility index (Phi) is 5.19. The van der Waals surface area contributed by atoms with E-state index < -0.39 is 52.0 Å². The normalized spacial score (nSPS) is 17.1. The van der Waals surface area contributed by atoms with Crippen LogP contribution in [0, 0.1) is 0 Å². The van der Waals surface area contributed by atoms with Gasteiger partial charge in [-0.3, -0.25) is 14.5 Å². The lowest BCUT2D eigenvalue weighted by molar-refractivity contribution is -0.158. The number of para-hydroxylation sites is 4. The molecule has 2 aromatic carbocycles. The van der Waals surface area contributed by atoms with Gasteiger partial charge in [0.2, 0.25) is 26.8 Å². The Hall–Kier alpha value is -3.41. The number of imidazole rings is 1. The first kappa shape index (κ1) is 21.8. The summed E-state index contributed by atoms with van der Waals surface area (Å²) in [5.74, 6) is -1.93. The third kappa shape index (κ3) is 3.93. The number of hydrogen-bond acceptors (Lipinski definition) is 5. The van der Waals surface area contributed by atoms with E-state index in [4.69, 9.17) is 0 Å². The van der Waals surface area contributed by atoms with Crippen LogP contribution < -0.4 is 10.2 Å². The van der Waals surface area contributed by atoms with Gasteiger partial charge in [0.05, 0.1) is 28.8 Å². The standard InChI is InChI=1S/C20H17F3N4O4S/c1-32(30,31)19-25-12-6-2-4-8-14(12)26(19)11-18(29)27-15-9-5-3-7-13(15)24-17(28)10-16(27)20(21,22)23/h2-9,16H,10-11H2,1H3,(H,24,28). The number of benzene rings is 2. The third-order valence-electron chi connectivity index (χ3n) is 5.02. The highest BCUT2D eigenvalue weighted by molar-refractivity contribution is 7.90. The summed E-state index contributed by atoms with van der Waals surface area (Å²) in [6.45, 7) is -0.724. The van der Waals surface area contributed by atoms with Crippen LogP contribution in [0.15, 0.2) is 53.7 Å². The number of amides is 2. The van der Waals surface area contributed by atoms with Crippen molar-refractivity contribution in [3.8, 4) is 0 Å². The third-order valence-corrected chi connectivity index (χ3v) is 5.99. The molecule has 0 radical (unpaired) electrons. The van der Waals surface area contributed by atoms with E-state index in [1.807, 2.05) is 0 Å². The molecule has 2 amide bonds. The van der Waals surface area contributed by atoms with Crippen molar-refractivity contribution < 1.29 is 31.2 Å². The highest BCUT2D eigenvalue weighted by Crippen LogP contribution is 2.38. The molecule has 168 valence electrons. The fraction of sp³-hybridized carbons (Fsp3) is 0.250. The number of alkyl halides is 3. The number of rotatable bonds is 3. The van der Waals surface area contributed by atoms with Gasteiger partial charge in [-0.15, -0.1) is 0 Å². The molecule has 1 atom stereocenters. The van der Waals surface area contributed by atoms with Crippen LogP contribution in [0.2, 0.25) is 0 Å². The number of nitrogens with zero attached hydrogens (tertiary/aromatic N) is 3. The van der Waals surface area contributed by atoms with Crippen LogP contribution >= 0.6 is 0 Å². The summed E-state index contributed by atoms with van der Waals surface area (Å²) in [7, 11) is -3.90. The zero-order valence-corrected chi connectivity index (χ0v) is 17.4. The fourth-order valence-electron chi connectivity index (χ4n) is 3.70. The summed E-state index contributed by atoms with van der Waals surface area (Å²) < 4.78 is 67.3. The Bertz CT molecular complexity index is 1330. The second-order valence-electron chi connectivity index (χ2n) is 7.33. The van der Waals surface area contributed by atoms with E-state index in [-0.39, 0.29) is 22.4 Å². The summed E-state index contributed by atoms with van der Waals surface area (Å²) in [4.78, 5) is 30.0. The maximum atomic E-state index is 13.9. The number of anilines is 2. The number of sulfone groups is 1. The first-order valence-electron chi connectivity index (χ1n) is 9.40. The summed E-state index contributed by atoms with van der Waals surface area (Å²) >= 11 is 0. The summed E-state index contributed by atoms with van der Waals surface area (Å²) in [6, 6.07) is 9.49. The van der Waals surface area contributed by atoms with E-state index in [2.05, 4.69) is 10.3 Å². The maximum absolute atomic E-state index is 13.9. The molecule has 0 saturated heterocycles. The largest absolute Gasteiger partial charge is 0.409 e. The SMILES string of the molecule is CS(=O)(=O)c1nc2ccccc2n1CC(=O)N1c2ccccc2NC(=O)CC1C(F)(F)F. The van der Waals surface area contributed by atoms with Gasteiger partial charge >= 0.3 is 6.18 Å². The van der Waals surface area contributed by atoms with Crippen LogP contribution in [0.4, 0.5) is 24.5 Å². The monoisotopic (exact) mass is 466 g/mol. The zero-order valence-electron chi connectivity index (χ0n) is 16.6. The second kappa shape index (κ2) is 7.62. The van der Waals surface area contributed by atoms with Gasteiger partial charge in [0.1, 0.15) is 12.6 Å². The minimum atomic E-state index is -4.90. The number of nitrogens with one attached hydrogen (secondary N) is 1. The number of halogens is 3. The van der Waals surface area contributed by atoms with Crippen molar-refractivity contribution in [1.82, 2.24) is 9.55 Å². The lowest BCUT2D eigenvalue weighted by atomic mass is 10.1. The molecule has 2 heterocycles. The van der Waals surface area contributed by atoms with E-state index in [9.17, 15) is 31.2 Å². The number of aromatic nitrogens is 2. The summed E-state index contributed by atoms with van der Waals surface area (Å²) in [6.07, 6.45) is -4.99.